The summed E-state index contributed by atoms with van der Waals surface area (Å²) in [7, 11) is 0. The Morgan fingerprint density at radius 1 is 1.06 bits per heavy atom. The van der Waals surface area contributed by atoms with Crippen LogP contribution >= 0.6 is 0 Å². The quantitative estimate of drug-likeness (QED) is 0.452. The lowest BCUT2D eigenvalue weighted by Crippen LogP contribution is -2.34. The van der Waals surface area contributed by atoms with Crippen LogP contribution < -0.4 is 11.2 Å². The predicted octanol–water partition coefficient (Wildman–Crippen LogP) is 1.75. The molecule has 0 unspecified atom stereocenters. The maximum absolute atomic E-state index is 12.7. The van der Waals surface area contributed by atoms with Gasteiger partial charge in [-0.2, -0.15) is 0 Å². The fraction of sp³-hybridized carbons (Fsp3) is 0.308. The van der Waals surface area contributed by atoms with Gasteiger partial charge in [-0.1, -0.05) is 35.9 Å². The standard InChI is InChI=1S/C26H26N2O8/c1-16-7-9-18(10-8-16)24(31)34-15-21-20(36-25(32)17-5-3-2-4-6-17)13-22(35-21)28-14-19(11-12-29)23(30)27-26(28)33/h2-10,14,20-22,29H,11-13,15H2,1H3,(H,27,30,33)/t20-,21+,22+/m0/s1. The van der Waals surface area contributed by atoms with Crippen LogP contribution in [0, 0.1) is 6.92 Å². The van der Waals surface area contributed by atoms with Gasteiger partial charge >= 0.3 is 17.6 Å². The number of ether oxygens (including phenoxy) is 3. The molecule has 0 amide bonds. The lowest BCUT2D eigenvalue weighted by Gasteiger charge is -2.19. The number of esters is 2. The predicted molar refractivity (Wildman–Crippen MR) is 128 cm³/mol. The monoisotopic (exact) mass is 494 g/mol. The molecule has 0 saturated carbocycles. The van der Waals surface area contributed by atoms with Crippen molar-refractivity contribution < 1.29 is 28.9 Å². The summed E-state index contributed by atoms with van der Waals surface area (Å²) in [5.74, 6) is -1.16. The summed E-state index contributed by atoms with van der Waals surface area (Å²) in [4.78, 5) is 51.9. The molecule has 10 nitrogen and oxygen atoms in total. The van der Waals surface area contributed by atoms with E-state index < -0.39 is 41.6 Å². The second-order valence-corrected chi connectivity index (χ2v) is 8.43. The first-order valence-electron chi connectivity index (χ1n) is 11.5. The number of H-pyrrole nitrogens is 1. The second-order valence-electron chi connectivity index (χ2n) is 8.43. The molecular formula is C26H26N2O8. The van der Waals surface area contributed by atoms with Gasteiger partial charge in [-0.25, -0.2) is 14.4 Å². The van der Waals surface area contributed by atoms with Crippen LogP contribution in [0.3, 0.4) is 0 Å². The summed E-state index contributed by atoms with van der Waals surface area (Å²) in [6, 6.07) is 15.3. The van der Waals surface area contributed by atoms with Gasteiger partial charge in [-0.05, 0) is 31.2 Å². The number of rotatable bonds is 8. The van der Waals surface area contributed by atoms with Crippen molar-refractivity contribution in [3.63, 3.8) is 0 Å². The van der Waals surface area contributed by atoms with Crippen molar-refractivity contribution >= 4 is 11.9 Å². The van der Waals surface area contributed by atoms with Gasteiger partial charge in [0.1, 0.15) is 25.0 Å². The normalized spacial score (nSPS) is 19.1. The largest absolute Gasteiger partial charge is 0.459 e. The fourth-order valence-corrected chi connectivity index (χ4v) is 3.90. The smallest absolute Gasteiger partial charge is 0.338 e. The van der Waals surface area contributed by atoms with Crippen LogP contribution in [0.4, 0.5) is 0 Å². The van der Waals surface area contributed by atoms with Gasteiger partial charge in [0.2, 0.25) is 0 Å². The van der Waals surface area contributed by atoms with E-state index in [2.05, 4.69) is 4.98 Å². The van der Waals surface area contributed by atoms with Crippen molar-refractivity contribution in [1.29, 1.82) is 0 Å². The van der Waals surface area contributed by atoms with Crippen LogP contribution in [0.5, 0.6) is 0 Å². The molecule has 1 aromatic heterocycles. The van der Waals surface area contributed by atoms with E-state index in [9.17, 15) is 24.3 Å². The molecule has 0 radical (unpaired) electrons. The van der Waals surface area contributed by atoms with Crippen molar-refractivity contribution in [3.8, 4) is 0 Å². The van der Waals surface area contributed by atoms with Crippen LogP contribution in [0.1, 0.15) is 44.5 Å². The molecular weight excluding hydrogens is 468 g/mol. The van der Waals surface area contributed by atoms with Crippen LogP contribution in [-0.4, -0.2) is 52.0 Å². The van der Waals surface area contributed by atoms with Crippen molar-refractivity contribution in [2.24, 2.45) is 0 Å². The van der Waals surface area contributed by atoms with E-state index in [1.54, 1.807) is 54.6 Å². The molecule has 1 aliphatic heterocycles. The number of aromatic amines is 1. The van der Waals surface area contributed by atoms with E-state index in [0.29, 0.717) is 11.1 Å². The van der Waals surface area contributed by atoms with E-state index >= 15 is 0 Å². The molecule has 10 heteroatoms. The zero-order chi connectivity index (χ0) is 25.7. The first-order valence-corrected chi connectivity index (χ1v) is 11.5. The Bertz CT molecular complexity index is 1330. The minimum absolute atomic E-state index is 0.0480. The third-order valence-corrected chi connectivity index (χ3v) is 5.85. The fourth-order valence-electron chi connectivity index (χ4n) is 3.90. The highest BCUT2D eigenvalue weighted by Crippen LogP contribution is 2.31. The van der Waals surface area contributed by atoms with Crippen molar-refractivity contribution in [1.82, 2.24) is 9.55 Å². The number of benzene rings is 2. The number of aryl methyl sites for hydroxylation is 1. The number of carbonyl (C=O) groups is 2. The average molecular weight is 495 g/mol. The lowest BCUT2D eigenvalue weighted by atomic mass is 10.1. The Morgan fingerprint density at radius 2 is 1.75 bits per heavy atom. The van der Waals surface area contributed by atoms with E-state index in [0.717, 1.165) is 5.56 Å². The summed E-state index contributed by atoms with van der Waals surface area (Å²) < 4.78 is 18.3. The van der Waals surface area contributed by atoms with Gasteiger partial charge in [0.15, 0.2) is 0 Å². The number of carbonyl (C=O) groups excluding carboxylic acids is 2. The first kappa shape index (κ1) is 25.1. The van der Waals surface area contributed by atoms with E-state index in [-0.39, 0.29) is 31.6 Å². The number of aromatic nitrogens is 2. The molecule has 36 heavy (non-hydrogen) atoms. The van der Waals surface area contributed by atoms with Crippen LogP contribution in [-0.2, 0) is 20.6 Å². The van der Waals surface area contributed by atoms with Crippen LogP contribution in [0.25, 0.3) is 0 Å². The number of hydrogen-bond donors (Lipinski definition) is 2. The summed E-state index contributed by atoms with van der Waals surface area (Å²) in [6.07, 6.45) is -1.16. The number of aliphatic hydroxyl groups is 1. The minimum Gasteiger partial charge on any atom is -0.459 e. The van der Waals surface area contributed by atoms with Crippen LogP contribution in [0.15, 0.2) is 70.4 Å². The molecule has 1 saturated heterocycles. The Labute approximate surface area is 206 Å². The minimum atomic E-state index is -0.900. The van der Waals surface area contributed by atoms with Gasteiger partial charge in [0.05, 0.1) is 11.1 Å². The highest BCUT2D eigenvalue weighted by atomic mass is 16.6. The number of hydrogen-bond acceptors (Lipinski definition) is 8. The number of nitrogens with one attached hydrogen (secondary N) is 1. The molecule has 0 spiro atoms. The molecule has 1 fully saturated rings. The summed E-state index contributed by atoms with van der Waals surface area (Å²) >= 11 is 0. The third kappa shape index (κ3) is 5.78. The zero-order valence-corrected chi connectivity index (χ0v) is 19.6. The Kier molecular flexibility index (Phi) is 7.77. The highest BCUT2D eigenvalue weighted by molar-refractivity contribution is 5.90. The lowest BCUT2D eigenvalue weighted by molar-refractivity contribution is -0.0583. The van der Waals surface area contributed by atoms with Crippen LogP contribution in [0.2, 0.25) is 0 Å². The summed E-state index contributed by atoms with van der Waals surface area (Å²) in [5.41, 5.74) is 0.582. The summed E-state index contributed by atoms with van der Waals surface area (Å²) in [5, 5.41) is 9.21. The molecule has 1 aliphatic rings. The molecule has 2 N–H and O–H groups in total. The van der Waals surface area contributed by atoms with E-state index in [4.69, 9.17) is 14.2 Å². The molecule has 3 aromatic rings. The van der Waals surface area contributed by atoms with Crippen molar-refractivity contribution in [3.05, 3.63) is 104 Å². The summed E-state index contributed by atoms with van der Waals surface area (Å²) in [6.45, 7) is 1.40. The molecule has 3 atom stereocenters. The van der Waals surface area contributed by atoms with Gasteiger partial charge in [0.25, 0.3) is 5.56 Å². The molecule has 0 bridgehead atoms. The van der Waals surface area contributed by atoms with Gasteiger partial charge in [-0.15, -0.1) is 0 Å². The zero-order valence-electron chi connectivity index (χ0n) is 19.6. The second kappa shape index (κ2) is 11.1. The first-order chi connectivity index (χ1) is 17.4. The maximum atomic E-state index is 12.7. The highest BCUT2D eigenvalue weighted by Gasteiger charge is 2.40. The SMILES string of the molecule is Cc1ccc(C(=O)OC[C@H]2O[C@@H](n3cc(CCO)c(=O)[nH]c3=O)C[C@@H]2OC(=O)c2ccccc2)cc1. The molecule has 188 valence electrons. The van der Waals surface area contributed by atoms with Crippen molar-refractivity contribution in [2.75, 3.05) is 13.2 Å². The van der Waals surface area contributed by atoms with E-state index in [1.165, 1.54) is 10.8 Å². The molecule has 4 rings (SSSR count). The topological polar surface area (TPSA) is 137 Å². The Hall–Kier alpha value is -4.02. The van der Waals surface area contributed by atoms with Gasteiger partial charge in [0, 0.05) is 31.2 Å². The van der Waals surface area contributed by atoms with Gasteiger partial charge < -0.3 is 19.3 Å². The molecule has 2 aromatic carbocycles. The number of nitrogens with zero attached hydrogens (tertiary/aromatic N) is 1. The Balaban J connectivity index is 1.55. The Morgan fingerprint density at radius 3 is 2.44 bits per heavy atom. The molecule has 0 aliphatic carbocycles. The average Bonchev–Trinajstić information content (AvgIpc) is 3.27. The number of aliphatic hydroxyl groups excluding tert-OH is 1. The van der Waals surface area contributed by atoms with E-state index in [1.807, 2.05) is 6.92 Å². The maximum Gasteiger partial charge on any atom is 0.338 e. The third-order valence-electron chi connectivity index (χ3n) is 5.85. The van der Waals surface area contributed by atoms with Gasteiger partial charge in [-0.3, -0.25) is 14.3 Å². The molecule has 2 heterocycles. The van der Waals surface area contributed by atoms with Crippen molar-refractivity contribution in [2.45, 2.75) is 38.2 Å².